The van der Waals surface area contributed by atoms with Crippen molar-refractivity contribution in [3.63, 3.8) is 0 Å². The summed E-state index contributed by atoms with van der Waals surface area (Å²) in [5, 5.41) is 8.98. The molecule has 0 saturated carbocycles. The Morgan fingerprint density at radius 2 is 2.06 bits per heavy atom. The number of halogens is 3. The van der Waals surface area contributed by atoms with E-state index in [-0.39, 0.29) is 0 Å². The first-order valence-corrected chi connectivity index (χ1v) is 5.46. The van der Waals surface area contributed by atoms with Crippen LogP contribution in [0.5, 0.6) is 5.75 Å². The van der Waals surface area contributed by atoms with Gasteiger partial charge in [-0.3, -0.25) is 0 Å². The van der Waals surface area contributed by atoms with Crippen LogP contribution in [-0.2, 0) is 6.42 Å². The van der Waals surface area contributed by atoms with E-state index in [4.69, 9.17) is 9.84 Å². The summed E-state index contributed by atoms with van der Waals surface area (Å²) in [7, 11) is 0. The first-order chi connectivity index (χ1) is 7.97. The zero-order valence-corrected chi connectivity index (χ0v) is 9.07. The summed E-state index contributed by atoms with van der Waals surface area (Å²) in [6, 6.07) is 7.28. The van der Waals surface area contributed by atoms with Gasteiger partial charge in [-0.25, -0.2) is 0 Å². The fourth-order valence-corrected chi connectivity index (χ4v) is 1.93. The van der Waals surface area contributed by atoms with E-state index in [0.29, 0.717) is 18.6 Å². The van der Waals surface area contributed by atoms with Crippen molar-refractivity contribution in [3.8, 4) is 5.75 Å². The molecule has 1 aliphatic heterocycles. The molecule has 2 rings (SSSR count). The smallest absolute Gasteiger partial charge is 0.414 e. The minimum absolute atomic E-state index is 0.405. The van der Waals surface area contributed by atoms with Crippen LogP contribution in [0.2, 0.25) is 0 Å². The van der Waals surface area contributed by atoms with Crippen molar-refractivity contribution in [2.45, 2.75) is 37.6 Å². The number of para-hydroxylation sites is 1. The van der Waals surface area contributed by atoms with Crippen molar-refractivity contribution < 1.29 is 23.0 Å². The Hall–Kier alpha value is -1.23. The van der Waals surface area contributed by atoms with Gasteiger partial charge in [-0.1, -0.05) is 18.2 Å². The van der Waals surface area contributed by atoms with Crippen LogP contribution in [-0.4, -0.2) is 23.5 Å². The van der Waals surface area contributed by atoms with Crippen LogP contribution < -0.4 is 4.74 Å². The number of aryl methyl sites for hydroxylation is 1. The van der Waals surface area contributed by atoms with Gasteiger partial charge >= 0.3 is 6.18 Å². The van der Waals surface area contributed by atoms with Gasteiger partial charge in [0.05, 0.1) is 0 Å². The van der Waals surface area contributed by atoms with Crippen molar-refractivity contribution in [1.82, 2.24) is 0 Å². The highest BCUT2D eigenvalue weighted by molar-refractivity contribution is 5.35. The number of rotatable bonds is 2. The van der Waals surface area contributed by atoms with E-state index in [2.05, 4.69) is 0 Å². The second-order valence-corrected chi connectivity index (χ2v) is 4.18. The molecule has 0 amide bonds. The molecule has 0 bridgehead atoms. The predicted octanol–water partition coefficient (Wildman–Crippen LogP) is 2.69. The van der Waals surface area contributed by atoms with Crippen LogP contribution in [0.1, 0.15) is 18.4 Å². The lowest BCUT2D eigenvalue weighted by atomic mass is 9.98. The van der Waals surface area contributed by atoms with E-state index < -0.39 is 24.8 Å². The molecule has 0 radical (unpaired) electrons. The molecule has 0 spiro atoms. The highest BCUT2D eigenvalue weighted by atomic mass is 19.4. The van der Waals surface area contributed by atoms with E-state index in [1.54, 1.807) is 12.1 Å². The van der Waals surface area contributed by atoms with Crippen LogP contribution in [0.15, 0.2) is 24.3 Å². The molecular weight excluding hydrogens is 233 g/mol. The van der Waals surface area contributed by atoms with E-state index in [1.807, 2.05) is 12.1 Å². The molecule has 1 aromatic rings. The summed E-state index contributed by atoms with van der Waals surface area (Å²) >= 11 is 0. The minimum Gasteiger partial charge on any atom is -0.490 e. The molecule has 0 saturated heterocycles. The molecule has 1 aromatic carbocycles. The number of aliphatic hydroxyl groups is 1. The predicted molar refractivity (Wildman–Crippen MR) is 55.9 cm³/mol. The Balaban J connectivity index is 1.99. The van der Waals surface area contributed by atoms with Crippen molar-refractivity contribution in [3.05, 3.63) is 29.8 Å². The van der Waals surface area contributed by atoms with E-state index in [0.717, 1.165) is 5.56 Å². The molecule has 2 atom stereocenters. The molecule has 5 heteroatoms. The molecule has 2 nitrogen and oxygen atoms in total. The lowest BCUT2D eigenvalue weighted by molar-refractivity contribution is -0.210. The SMILES string of the molecule is OC(C[C@H]1CCc2ccccc2O1)C(F)(F)F. The quantitative estimate of drug-likeness (QED) is 0.869. The van der Waals surface area contributed by atoms with Crippen molar-refractivity contribution in [1.29, 1.82) is 0 Å². The van der Waals surface area contributed by atoms with Gasteiger partial charge in [-0.05, 0) is 24.5 Å². The Morgan fingerprint density at radius 1 is 1.35 bits per heavy atom. The van der Waals surface area contributed by atoms with Crippen molar-refractivity contribution in [2.24, 2.45) is 0 Å². The number of benzene rings is 1. The van der Waals surface area contributed by atoms with Crippen LogP contribution >= 0.6 is 0 Å². The van der Waals surface area contributed by atoms with Crippen LogP contribution in [0, 0.1) is 0 Å². The average molecular weight is 246 g/mol. The third kappa shape index (κ3) is 2.91. The zero-order valence-electron chi connectivity index (χ0n) is 9.07. The molecule has 94 valence electrons. The van der Waals surface area contributed by atoms with Gasteiger partial charge in [0.15, 0.2) is 6.10 Å². The maximum absolute atomic E-state index is 12.2. The molecule has 1 aliphatic rings. The lowest BCUT2D eigenvalue weighted by Crippen LogP contribution is -2.35. The normalized spacial score (nSPS) is 21.5. The summed E-state index contributed by atoms with van der Waals surface area (Å²) in [5.41, 5.74) is 1.00. The van der Waals surface area contributed by atoms with Gasteiger partial charge in [0.25, 0.3) is 0 Å². The number of fused-ring (bicyclic) bond motifs is 1. The Labute approximate surface area is 97.0 Å². The summed E-state index contributed by atoms with van der Waals surface area (Å²) in [6.07, 6.45) is -6.66. The largest absolute Gasteiger partial charge is 0.490 e. The average Bonchev–Trinajstić information content (AvgIpc) is 2.27. The molecule has 1 unspecified atom stereocenters. The van der Waals surface area contributed by atoms with Gasteiger partial charge in [0.2, 0.25) is 0 Å². The van der Waals surface area contributed by atoms with E-state index in [9.17, 15) is 13.2 Å². The Morgan fingerprint density at radius 3 is 2.76 bits per heavy atom. The summed E-state index contributed by atoms with van der Waals surface area (Å²) in [4.78, 5) is 0. The molecule has 1 N–H and O–H groups in total. The lowest BCUT2D eigenvalue weighted by Gasteiger charge is -2.28. The Bertz CT molecular complexity index is 390. The molecule has 17 heavy (non-hydrogen) atoms. The first-order valence-electron chi connectivity index (χ1n) is 5.46. The maximum atomic E-state index is 12.2. The van der Waals surface area contributed by atoms with E-state index >= 15 is 0 Å². The van der Waals surface area contributed by atoms with E-state index in [1.165, 1.54) is 0 Å². The topological polar surface area (TPSA) is 29.5 Å². The fraction of sp³-hybridized carbons (Fsp3) is 0.500. The number of aliphatic hydroxyl groups excluding tert-OH is 1. The first kappa shape index (κ1) is 12.2. The van der Waals surface area contributed by atoms with Gasteiger partial charge in [0, 0.05) is 6.42 Å². The van der Waals surface area contributed by atoms with Crippen LogP contribution in [0.25, 0.3) is 0 Å². The number of ether oxygens (including phenoxy) is 1. The fourth-order valence-electron chi connectivity index (χ4n) is 1.93. The summed E-state index contributed by atoms with van der Waals surface area (Å²) < 4.78 is 42.0. The third-order valence-electron chi connectivity index (χ3n) is 2.87. The van der Waals surface area contributed by atoms with Gasteiger partial charge < -0.3 is 9.84 Å². The van der Waals surface area contributed by atoms with Gasteiger partial charge in [-0.2, -0.15) is 13.2 Å². The third-order valence-corrected chi connectivity index (χ3v) is 2.87. The Kier molecular flexibility index (Phi) is 3.28. The second kappa shape index (κ2) is 4.56. The highest BCUT2D eigenvalue weighted by Gasteiger charge is 2.40. The maximum Gasteiger partial charge on any atom is 0.414 e. The molecule has 1 heterocycles. The molecule has 0 aliphatic carbocycles. The number of hydrogen-bond donors (Lipinski definition) is 1. The molecule has 0 fully saturated rings. The summed E-state index contributed by atoms with van der Waals surface area (Å²) in [6.45, 7) is 0. The standard InChI is InChI=1S/C12H13F3O2/c13-12(14,15)11(16)7-9-6-5-8-3-1-2-4-10(8)17-9/h1-4,9,11,16H,5-7H2/t9-,11?/m1/s1. The second-order valence-electron chi connectivity index (χ2n) is 4.18. The van der Waals surface area contributed by atoms with Gasteiger partial charge in [0.1, 0.15) is 11.9 Å². The molecule has 0 aromatic heterocycles. The highest BCUT2D eigenvalue weighted by Crippen LogP contribution is 2.31. The zero-order chi connectivity index (χ0) is 12.5. The van der Waals surface area contributed by atoms with Gasteiger partial charge in [-0.15, -0.1) is 0 Å². The summed E-state index contributed by atoms with van der Waals surface area (Å²) in [5.74, 6) is 0.623. The number of alkyl halides is 3. The van der Waals surface area contributed by atoms with Crippen molar-refractivity contribution in [2.75, 3.05) is 0 Å². The van der Waals surface area contributed by atoms with Crippen LogP contribution in [0.4, 0.5) is 13.2 Å². The monoisotopic (exact) mass is 246 g/mol. The minimum atomic E-state index is -4.57. The number of hydrogen-bond acceptors (Lipinski definition) is 2. The molecular formula is C12H13F3O2. The van der Waals surface area contributed by atoms with Crippen LogP contribution in [0.3, 0.4) is 0 Å². The van der Waals surface area contributed by atoms with Crippen molar-refractivity contribution >= 4 is 0 Å².